The molecular weight excluding hydrogens is 254 g/mol. The van der Waals surface area contributed by atoms with Crippen LogP contribution in [0, 0.1) is 0 Å². The maximum Gasteiger partial charge on any atom is 0.239 e. The Hall–Kier alpha value is -0.650. The number of piperazine rings is 1. The highest BCUT2D eigenvalue weighted by atomic mass is 16.5. The Labute approximate surface area is 122 Å². The monoisotopic (exact) mass is 283 g/mol. The van der Waals surface area contributed by atoms with Crippen LogP contribution < -0.4 is 5.32 Å². The lowest BCUT2D eigenvalue weighted by Crippen LogP contribution is -2.57. The molecule has 20 heavy (non-hydrogen) atoms. The Balaban J connectivity index is 1.82. The van der Waals surface area contributed by atoms with E-state index >= 15 is 0 Å². The average molecular weight is 283 g/mol. The molecule has 0 aromatic carbocycles. The predicted molar refractivity (Wildman–Crippen MR) is 79.7 cm³/mol. The topological polar surface area (TPSA) is 44.8 Å². The van der Waals surface area contributed by atoms with Crippen molar-refractivity contribution in [2.24, 2.45) is 0 Å². The van der Waals surface area contributed by atoms with Gasteiger partial charge >= 0.3 is 0 Å². The highest BCUT2D eigenvalue weighted by Crippen LogP contribution is 2.16. The van der Waals surface area contributed by atoms with E-state index in [-0.39, 0.29) is 6.04 Å². The number of rotatable bonds is 6. The summed E-state index contributed by atoms with van der Waals surface area (Å²) in [6.07, 6.45) is 3.22. The Kier molecular flexibility index (Phi) is 6.26. The Morgan fingerprint density at radius 1 is 1.35 bits per heavy atom. The van der Waals surface area contributed by atoms with E-state index in [4.69, 9.17) is 4.74 Å². The first kappa shape index (κ1) is 15.7. The maximum absolute atomic E-state index is 12.4. The fourth-order valence-corrected chi connectivity index (χ4v) is 3.22. The SMILES string of the molecule is CCOCCN1CCN(C(=O)[C@@H]2CCCN2)CC1CC. The largest absolute Gasteiger partial charge is 0.380 e. The van der Waals surface area contributed by atoms with Crippen molar-refractivity contribution in [3.63, 3.8) is 0 Å². The molecule has 0 aliphatic carbocycles. The van der Waals surface area contributed by atoms with E-state index in [1.54, 1.807) is 0 Å². The molecule has 1 unspecified atom stereocenters. The smallest absolute Gasteiger partial charge is 0.239 e. The minimum atomic E-state index is 0.0717. The molecule has 0 saturated carbocycles. The standard InChI is InChI=1S/C15H29N3O2/c1-3-13-12-18(15(19)14-6-5-7-16-14)9-8-17(13)10-11-20-4-2/h13-14,16H,3-12H2,1-2H3/t13?,14-/m0/s1. The van der Waals surface area contributed by atoms with Gasteiger partial charge in [-0.05, 0) is 32.7 Å². The van der Waals surface area contributed by atoms with Crippen molar-refractivity contribution in [1.82, 2.24) is 15.1 Å². The molecule has 0 aromatic rings. The maximum atomic E-state index is 12.4. The molecular formula is C15H29N3O2. The second kappa shape index (κ2) is 7.96. The predicted octanol–water partition coefficient (Wildman–Crippen LogP) is 0.698. The number of hydrogen-bond donors (Lipinski definition) is 1. The number of carbonyl (C=O) groups excluding carboxylic acids is 1. The fourth-order valence-electron chi connectivity index (χ4n) is 3.22. The van der Waals surface area contributed by atoms with Crippen molar-refractivity contribution in [2.75, 3.05) is 45.9 Å². The molecule has 5 heteroatoms. The van der Waals surface area contributed by atoms with E-state index in [0.717, 1.165) is 65.2 Å². The van der Waals surface area contributed by atoms with Crippen molar-refractivity contribution in [3.05, 3.63) is 0 Å². The first-order valence-corrected chi connectivity index (χ1v) is 8.10. The second-order valence-corrected chi connectivity index (χ2v) is 5.73. The lowest BCUT2D eigenvalue weighted by molar-refractivity contribution is -0.136. The van der Waals surface area contributed by atoms with Crippen molar-refractivity contribution in [3.8, 4) is 0 Å². The van der Waals surface area contributed by atoms with Crippen LogP contribution in [0.2, 0.25) is 0 Å². The van der Waals surface area contributed by atoms with Crippen LogP contribution in [0.25, 0.3) is 0 Å². The van der Waals surface area contributed by atoms with Crippen LogP contribution in [0.5, 0.6) is 0 Å². The molecule has 1 amide bonds. The lowest BCUT2D eigenvalue weighted by atomic mass is 10.1. The van der Waals surface area contributed by atoms with Crippen LogP contribution >= 0.6 is 0 Å². The van der Waals surface area contributed by atoms with Gasteiger partial charge in [0.2, 0.25) is 5.91 Å². The van der Waals surface area contributed by atoms with Gasteiger partial charge in [-0.2, -0.15) is 0 Å². The lowest BCUT2D eigenvalue weighted by Gasteiger charge is -2.42. The second-order valence-electron chi connectivity index (χ2n) is 5.73. The normalized spacial score (nSPS) is 28.0. The number of nitrogens with one attached hydrogen (secondary N) is 1. The van der Waals surface area contributed by atoms with Gasteiger partial charge in [0.15, 0.2) is 0 Å². The number of nitrogens with zero attached hydrogens (tertiary/aromatic N) is 2. The third-order valence-electron chi connectivity index (χ3n) is 4.47. The van der Waals surface area contributed by atoms with Gasteiger partial charge in [0.1, 0.15) is 0 Å². The van der Waals surface area contributed by atoms with Crippen LogP contribution in [-0.2, 0) is 9.53 Å². The first-order valence-electron chi connectivity index (χ1n) is 8.10. The Bertz CT molecular complexity index is 305. The molecule has 2 heterocycles. The fraction of sp³-hybridized carbons (Fsp3) is 0.933. The molecule has 2 atom stereocenters. The zero-order valence-electron chi connectivity index (χ0n) is 12.9. The Morgan fingerprint density at radius 3 is 2.85 bits per heavy atom. The molecule has 0 spiro atoms. The summed E-state index contributed by atoms with van der Waals surface area (Å²) in [4.78, 5) is 17.0. The van der Waals surface area contributed by atoms with Gasteiger partial charge in [-0.3, -0.25) is 9.69 Å². The summed E-state index contributed by atoms with van der Waals surface area (Å²) >= 11 is 0. The van der Waals surface area contributed by atoms with Gasteiger partial charge in [0.05, 0.1) is 12.6 Å². The third-order valence-corrected chi connectivity index (χ3v) is 4.47. The van der Waals surface area contributed by atoms with E-state index in [9.17, 15) is 4.79 Å². The van der Waals surface area contributed by atoms with Crippen molar-refractivity contribution in [2.45, 2.75) is 45.2 Å². The van der Waals surface area contributed by atoms with Gasteiger partial charge in [-0.1, -0.05) is 6.92 Å². The molecule has 0 radical (unpaired) electrons. The van der Waals surface area contributed by atoms with Gasteiger partial charge in [0, 0.05) is 38.8 Å². The molecule has 5 nitrogen and oxygen atoms in total. The number of hydrogen-bond acceptors (Lipinski definition) is 4. The van der Waals surface area contributed by atoms with E-state index in [0.29, 0.717) is 11.9 Å². The molecule has 0 aromatic heterocycles. The first-order chi connectivity index (χ1) is 9.76. The minimum absolute atomic E-state index is 0.0717. The van der Waals surface area contributed by atoms with E-state index in [1.165, 1.54) is 0 Å². The van der Waals surface area contributed by atoms with E-state index < -0.39 is 0 Å². The van der Waals surface area contributed by atoms with Gasteiger partial charge in [-0.25, -0.2) is 0 Å². The summed E-state index contributed by atoms with van der Waals surface area (Å²) in [7, 11) is 0. The summed E-state index contributed by atoms with van der Waals surface area (Å²) in [5, 5.41) is 3.31. The average Bonchev–Trinajstić information content (AvgIpc) is 3.01. The summed E-state index contributed by atoms with van der Waals surface area (Å²) in [5.74, 6) is 0.311. The summed E-state index contributed by atoms with van der Waals surface area (Å²) in [5.41, 5.74) is 0. The van der Waals surface area contributed by atoms with Crippen LogP contribution in [0.4, 0.5) is 0 Å². The highest BCUT2D eigenvalue weighted by Gasteiger charge is 2.32. The van der Waals surface area contributed by atoms with Crippen molar-refractivity contribution >= 4 is 5.91 Å². The van der Waals surface area contributed by atoms with Crippen LogP contribution in [0.3, 0.4) is 0 Å². The molecule has 0 bridgehead atoms. The quantitative estimate of drug-likeness (QED) is 0.729. The zero-order chi connectivity index (χ0) is 14.4. The van der Waals surface area contributed by atoms with Gasteiger partial charge < -0.3 is 15.0 Å². The molecule has 1 N–H and O–H groups in total. The van der Waals surface area contributed by atoms with Crippen molar-refractivity contribution < 1.29 is 9.53 Å². The van der Waals surface area contributed by atoms with Crippen LogP contribution in [0.15, 0.2) is 0 Å². The molecule has 2 rings (SSSR count). The highest BCUT2D eigenvalue weighted by molar-refractivity contribution is 5.82. The van der Waals surface area contributed by atoms with Crippen LogP contribution in [-0.4, -0.2) is 73.7 Å². The number of amides is 1. The van der Waals surface area contributed by atoms with E-state index in [2.05, 4.69) is 22.0 Å². The number of ether oxygens (including phenoxy) is 1. The summed E-state index contributed by atoms with van der Waals surface area (Å²) in [6, 6.07) is 0.553. The van der Waals surface area contributed by atoms with Crippen LogP contribution in [0.1, 0.15) is 33.1 Å². The third kappa shape index (κ3) is 3.93. The Morgan fingerprint density at radius 2 is 2.20 bits per heavy atom. The molecule has 2 aliphatic heterocycles. The van der Waals surface area contributed by atoms with Crippen molar-refractivity contribution in [1.29, 1.82) is 0 Å². The van der Waals surface area contributed by atoms with Gasteiger partial charge in [-0.15, -0.1) is 0 Å². The summed E-state index contributed by atoms with van der Waals surface area (Å²) in [6.45, 7) is 10.5. The minimum Gasteiger partial charge on any atom is -0.380 e. The molecule has 2 saturated heterocycles. The molecule has 116 valence electrons. The molecule has 2 aliphatic rings. The summed E-state index contributed by atoms with van der Waals surface area (Å²) < 4.78 is 5.45. The van der Waals surface area contributed by atoms with Gasteiger partial charge in [0.25, 0.3) is 0 Å². The zero-order valence-corrected chi connectivity index (χ0v) is 12.9. The van der Waals surface area contributed by atoms with E-state index in [1.807, 2.05) is 6.92 Å². The number of carbonyl (C=O) groups is 1. The molecule has 2 fully saturated rings.